The van der Waals surface area contributed by atoms with Crippen molar-refractivity contribution in [2.75, 3.05) is 11.0 Å². The van der Waals surface area contributed by atoms with Gasteiger partial charge >= 0.3 is 0 Å². The first-order valence-corrected chi connectivity index (χ1v) is 8.04. The number of aromatic amines is 1. The molecule has 0 spiro atoms. The molecular weight excluding hydrogens is 316 g/mol. The summed E-state index contributed by atoms with van der Waals surface area (Å²) in [4.78, 5) is 25.2. The van der Waals surface area contributed by atoms with Crippen molar-refractivity contribution in [1.29, 1.82) is 0 Å². The zero-order valence-corrected chi connectivity index (χ0v) is 12.5. The lowest BCUT2D eigenvalue weighted by Crippen LogP contribution is -2.15. The lowest BCUT2D eigenvalue weighted by molar-refractivity contribution is 0.108. The fourth-order valence-corrected chi connectivity index (χ4v) is 2.47. The monoisotopic (exact) mass is 326 g/mol. The third-order valence-electron chi connectivity index (χ3n) is 2.60. The number of H-pyrrole nitrogens is 1. The topological polar surface area (TPSA) is 96.1 Å². The Balaban J connectivity index is 2.43. The number of rotatable bonds is 4. The summed E-state index contributed by atoms with van der Waals surface area (Å²) in [5.41, 5.74) is 0.654. The molecule has 2 rings (SSSR count). The summed E-state index contributed by atoms with van der Waals surface area (Å²) in [5, 5.41) is -0.838. The maximum atomic E-state index is 11.7. The number of nitrogens with one attached hydrogen (secondary N) is 2. The molecule has 0 saturated heterocycles. The van der Waals surface area contributed by atoms with E-state index in [4.69, 9.17) is 11.6 Å². The molecule has 0 fully saturated rings. The van der Waals surface area contributed by atoms with E-state index in [0.29, 0.717) is 16.9 Å². The molecule has 0 aliphatic rings. The van der Waals surface area contributed by atoms with Crippen LogP contribution in [0.3, 0.4) is 0 Å². The van der Waals surface area contributed by atoms with Gasteiger partial charge in [0.25, 0.3) is 10.8 Å². The summed E-state index contributed by atoms with van der Waals surface area (Å²) in [7, 11) is -3.39. The lowest BCUT2D eigenvalue weighted by Gasteiger charge is -2.07. The van der Waals surface area contributed by atoms with Gasteiger partial charge in [-0.15, -0.1) is 0 Å². The zero-order chi connectivity index (χ0) is 15.6. The highest BCUT2D eigenvalue weighted by Crippen LogP contribution is 2.20. The van der Waals surface area contributed by atoms with E-state index in [1.807, 2.05) is 0 Å². The molecule has 2 N–H and O–H groups in total. The van der Waals surface area contributed by atoms with E-state index in [1.165, 1.54) is 12.1 Å². The molecular formula is C13H11ClN2O4S. The number of hydrogen-bond acceptors (Lipinski definition) is 4. The first-order chi connectivity index (χ1) is 9.76. The predicted molar refractivity (Wildman–Crippen MR) is 81.1 cm³/mol. The van der Waals surface area contributed by atoms with E-state index in [0.717, 1.165) is 6.26 Å². The number of anilines is 1. The van der Waals surface area contributed by atoms with E-state index in [1.54, 1.807) is 24.3 Å². The van der Waals surface area contributed by atoms with Gasteiger partial charge in [0.1, 0.15) is 0 Å². The minimum Gasteiger partial charge on any atom is -0.321 e. The molecule has 0 amide bonds. The van der Waals surface area contributed by atoms with Gasteiger partial charge < -0.3 is 4.98 Å². The molecule has 0 bridgehead atoms. The molecule has 0 radical (unpaired) electrons. The average molecular weight is 327 g/mol. The smallest absolute Gasteiger partial charge is 0.260 e. The van der Waals surface area contributed by atoms with E-state index in [-0.39, 0.29) is 5.56 Å². The standard InChI is InChI=1S/C13H11ClN2O4S/c1-21(19,20)16-9-4-2-3-8(7-9)11-6-5-10(12(14)17)13(18)15-11/h2-7,16H,1H3,(H,15,18). The first kappa shape index (κ1) is 15.3. The summed E-state index contributed by atoms with van der Waals surface area (Å²) >= 11 is 5.27. The first-order valence-electron chi connectivity index (χ1n) is 5.77. The van der Waals surface area contributed by atoms with Gasteiger partial charge in [-0.1, -0.05) is 12.1 Å². The molecule has 2 aromatic rings. The highest BCUT2D eigenvalue weighted by atomic mass is 35.5. The van der Waals surface area contributed by atoms with E-state index in [2.05, 4.69) is 9.71 Å². The second-order valence-corrected chi connectivity index (χ2v) is 6.44. The molecule has 0 aliphatic heterocycles. The van der Waals surface area contributed by atoms with Gasteiger partial charge in [0.2, 0.25) is 10.0 Å². The van der Waals surface area contributed by atoms with E-state index >= 15 is 0 Å². The van der Waals surface area contributed by atoms with Gasteiger partial charge in [-0.3, -0.25) is 14.3 Å². The summed E-state index contributed by atoms with van der Waals surface area (Å²) in [6.45, 7) is 0. The van der Waals surface area contributed by atoms with E-state index < -0.39 is 20.8 Å². The number of sulfonamides is 1. The Morgan fingerprint density at radius 1 is 1.24 bits per heavy atom. The maximum Gasteiger partial charge on any atom is 0.260 e. The second-order valence-electron chi connectivity index (χ2n) is 4.34. The van der Waals surface area contributed by atoms with Crippen molar-refractivity contribution in [3.63, 3.8) is 0 Å². The van der Waals surface area contributed by atoms with Gasteiger partial charge in [-0.05, 0) is 35.9 Å². The maximum absolute atomic E-state index is 11.7. The number of aromatic nitrogens is 1. The highest BCUT2D eigenvalue weighted by molar-refractivity contribution is 7.92. The Labute approximate surface area is 125 Å². The lowest BCUT2D eigenvalue weighted by atomic mass is 10.1. The van der Waals surface area contributed by atoms with Crippen LogP contribution in [0.5, 0.6) is 0 Å². The number of pyridine rings is 1. The van der Waals surface area contributed by atoms with Crippen LogP contribution in [0.2, 0.25) is 0 Å². The molecule has 1 aromatic carbocycles. The molecule has 21 heavy (non-hydrogen) atoms. The van der Waals surface area contributed by atoms with Crippen molar-refractivity contribution in [3.8, 4) is 11.3 Å². The quantitative estimate of drug-likeness (QED) is 0.837. The minimum atomic E-state index is -3.39. The molecule has 0 saturated carbocycles. The van der Waals surface area contributed by atoms with Crippen LogP contribution >= 0.6 is 11.6 Å². The van der Waals surface area contributed by atoms with Crippen LogP contribution in [0.25, 0.3) is 11.3 Å². The molecule has 0 atom stereocenters. The molecule has 8 heteroatoms. The Kier molecular flexibility index (Phi) is 4.15. The van der Waals surface area contributed by atoms with Crippen molar-refractivity contribution in [2.24, 2.45) is 0 Å². The zero-order valence-electron chi connectivity index (χ0n) is 10.9. The van der Waals surface area contributed by atoms with Crippen LogP contribution in [-0.2, 0) is 10.0 Å². The predicted octanol–water partition coefficient (Wildman–Crippen LogP) is 1.79. The van der Waals surface area contributed by atoms with Crippen LogP contribution in [-0.4, -0.2) is 24.9 Å². The molecule has 6 nitrogen and oxygen atoms in total. The number of halogens is 1. The van der Waals surface area contributed by atoms with Crippen LogP contribution in [0.1, 0.15) is 10.4 Å². The number of benzene rings is 1. The minimum absolute atomic E-state index is 0.147. The van der Waals surface area contributed by atoms with Crippen molar-refractivity contribution in [2.45, 2.75) is 0 Å². The van der Waals surface area contributed by atoms with Gasteiger partial charge in [0.05, 0.1) is 11.8 Å². The third kappa shape index (κ3) is 3.93. The van der Waals surface area contributed by atoms with E-state index in [9.17, 15) is 18.0 Å². The molecule has 110 valence electrons. The highest BCUT2D eigenvalue weighted by Gasteiger charge is 2.09. The van der Waals surface area contributed by atoms with Gasteiger partial charge in [-0.25, -0.2) is 8.42 Å². The van der Waals surface area contributed by atoms with Crippen LogP contribution < -0.4 is 10.3 Å². The van der Waals surface area contributed by atoms with Crippen molar-refractivity contribution in [1.82, 2.24) is 4.98 Å². The summed E-state index contributed by atoms with van der Waals surface area (Å²) in [5.74, 6) is 0. The average Bonchev–Trinajstić information content (AvgIpc) is 2.36. The molecule has 0 aliphatic carbocycles. The summed E-state index contributed by atoms with van der Waals surface area (Å²) < 4.78 is 24.7. The van der Waals surface area contributed by atoms with Crippen molar-refractivity contribution in [3.05, 3.63) is 52.3 Å². The Hall–Kier alpha value is -2.12. The Bertz CT molecular complexity index is 858. The largest absolute Gasteiger partial charge is 0.321 e. The second kappa shape index (κ2) is 5.71. The van der Waals surface area contributed by atoms with Gasteiger partial charge in [0, 0.05) is 16.9 Å². The number of carbonyl (C=O) groups excluding carboxylic acids is 1. The van der Waals surface area contributed by atoms with Gasteiger partial charge in [0.15, 0.2) is 0 Å². The van der Waals surface area contributed by atoms with Crippen LogP contribution in [0.4, 0.5) is 5.69 Å². The SMILES string of the molecule is CS(=O)(=O)Nc1cccc(-c2ccc(C(=O)Cl)c(=O)[nH]2)c1. The molecule has 1 aromatic heterocycles. The van der Waals surface area contributed by atoms with Crippen molar-refractivity contribution < 1.29 is 13.2 Å². The Morgan fingerprint density at radius 3 is 2.52 bits per heavy atom. The fraction of sp³-hybridized carbons (Fsp3) is 0.0769. The molecule has 0 unspecified atom stereocenters. The van der Waals surface area contributed by atoms with Crippen LogP contribution in [0.15, 0.2) is 41.2 Å². The normalized spacial score (nSPS) is 11.1. The van der Waals surface area contributed by atoms with Crippen LogP contribution in [0, 0.1) is 0 Å². The van der Waals surface area contributed by atoms with Gasteiger partial charge in [-0.2, -0.15) is 0 Å². The fourth-order valence-electron chi connectivity index (χ4n) is 1.76. The summed E-state index contributed by atoms with van der Waals surface area (Å²) in [6.07, 6.45) is 1.04. The molecule has 1 heterocycles. The Morgan fingerprint density at radius 2 is 1.95 bits per heavy atom. The third-order valence-corrected chi connectivity index (χ3v) is 3.41. The summed E-state index contributed by atoms with van der Waals surface area (Å²) in [6, 6.07) is 9.33. The van der Waals surface area contributed by atoms with Crippen molar-refractivity contribution >= 4 is 32.6 Å². The number of hydrogen-bond donors (Lipinski definition) is 2. The number of carbonyl (C=O) groups is 1.